The van der Waals surface area contributed by atoms with Gasteiger partial charge in [-0.15, -0.1) is 0 Å². The molecule has 0 aliphatic heterocycles. The van der Waals surface area contributed by atoms with Crippen LogP contribution in [-0.4, -0.2) is 67.0 Å². The number of carbonyl (C=O) groups excluding carboxylic acids is 2. The normalized spacial score (nSPS) is 11.2. The number of nitrogens with zero attached hydrogens (tertiary/aromatic N) is 4. The molecule has 2 aromatic heterocycles. The second-order valence-electron chi connectivity index (χ2n) is 8.79. The number of halogens is 1. The molecule has 2 heterocycles. The van der Waals surface area contributed by atoms with Gasteiger partial charge in [-0.05, 0) is 42.7 Å². The van der Waals surface area contributed by atoms with Crippen molar-refractivity contribution in [2.45, 2.75) is 26.8 Å². The van der Waals surface area contributed by atoms with Crippen LogP contribution in [0.4, 0.5) is 10.1 Å². The second-order valence-corrected chi connectivity index (χ2v) is 8.79. The Bertz CT molecular complexity index is 1430. The minimum atomic E-state index is -0.605. The number of nitrogens with one attached hydrogen (secondary N) is 1. The van der Waals surface area contributed by atoms with Gasteiger partial charge in [-0.25, -0.2) is 4.39 Å². The van der Waals surface area contributed by atoms with Crippen LogP contribution in [0.1, 0.15) is 29.2 Å². The van der Waals surface area contributed by atoms with Crippen LogP contribution in [0, 0.1) is 12.7 Å². The molecule has 2 amide bonds. The van der Waals surface area contributed by atoms with Crippen molar-refractivity contribution in [1.29, 1.82) is 0 Å². The van der Waals surface area contributed by atoms with E-state index in [1.165, 1.54) is 31.3 Å². The highest BCUT2D eigenvalue weighted by Crippen LogP contribution is 2.38. The first-order chi connectivity index (χ1) is 19.2. The molecule has 3 aromatic rings. The molecule has 0 atom stereocenters. The summed E-state index contributed by atoms with van der Waals surface area (Å²) in [6, 6.07) is 3.32. The second kappa shape index (κ2) is 13.5. The van der Waals surface area contributed by atoms with Gasteiger partial charge in [-0.3, -0.25) is 19.3 Å². The SMILES string of the molecule is C=CC(=O)Nc1cnn(CCOC)c1-c1cc(C)c(/C=C(/c2c(F)c(OC)cc(OC)c2CC)N(C)C=O)cn1. The molecule has 1 aromatic carbocycles. The van der Waals surface area contributed by atoms with Crippen molar-refractivity contribution < 1.29 is 28.2 Å². The fraction of sp³-hybridized carbons (Fsp3) is 0.310. The Morgan fingerprint density at radius 2 is 1.93 bits per heavy atom. The van der Waals surface area contributed by atoms with Crippen LogP contribution in [0.15, 0.2) is 37.2 Å². The number of hydrogen-bond acceptors (Lipinski definition) is 7. The van der Waals surface area contributed by atoms with E-state index in [9.17, 15) is 9.59 Å². The highest BCUT2D eigenvalue weighted by molar-refractivity contribution is 6.01. The Morgan fingerprint density at radius 1 is 1.20 bits per heavy atom. The summed E-state index contributed by atoms with van der Waals surface area (Å²) in [6.45, 7) is 8.09. The summed E-state index contributed by atoms with van der Waals surface area (Å²) in [5.74, 6) is -0.540. The van der Waals surface area contributed by atoms with Crippen molar-refractivity contribution in [1.82, 2.24) is 19.7 Å². The first-order valence-electron chi connectivity index (χ1n) is 12.5. The molecule has 0 saturated carbocycles. The van der Waals surface area contributed by atoms with Crippen molar-refractivity contribution in [2.75, 3.05) is 40.3 Å². The maximum Gasteiger partial charge on any atom is 0.247 e. The molecule has 0 bridgehead atoms. The van der Waals surface area contributed by atoms with Crippen molar-refractivity contribution in [3.05, 3.63) is 65.3 Å². The molecule has 0 unspecified atom stereocenters. The van der Waals surface area contributed by atoms with Crippen LogP contribution < -0.4 is 14.8 Å². The smallest absolute Gasteiger partial charge is 0.247 e. The zero-order valence-corrected chi connectivity index (χ0v) is 23.6. The number of methoxy groups -OCH3 is 3. The van der Waals surface area contributed by atoms with Crippen molar-refractivity contribution in [2.24, 2.45) is 0 Å². The third-order valence-electron chi connectivity index (χ3n) is 6.36. The Labute approximate surface area is 233 Å². The van der Waals surface area contributed by atoms with Crippen LogP contribution in [-0.2, 0) is 27.3 Å². The van der Waals surface area contributed by atoms with Gasteiger partial charge in [0.15, 0.2) is 11.6 Å². The number of rotatable bonds is 13. The average Bonchev–Trinajstić information content (AvgIpc) is 3.36. The van der Waals surface area contributed by atoms with Crippen molar-refractivity contribution in [3.8, 4) is 22.9 Å². The van der Waals surface area contributed by atoms with Gasteiger partial charge in [0.05, 0.1) is 50.6 Å². The van der Waals surface area contributed by atoms with Gasteiger partial charge in [0, 0.05) is 37.5 Å². The van der Waals surface area contributed by atoms with Crippen molar-refractivity contribution in [3.63, 3.8) is 0 Å². The molecule has 11 heteroatoms. The van der Waals surface area contributed by atoms with E-state index < -0.39 is 5.82 Å². The summed E-state index contributed by atoms with van der Waals surface area (Å²) in [5.41, 5.74) is 4.14. The minimum absolute atomic E-state index is 0.00198. The molecule has 40 heavy (non-hydrogen) atoms. The molecule has 10 nitrogen and oxygen atoms in total. The zero-order chi connectivity index (χ0) is 29.4. The Hall–Kier alpha value is -4.51. The molecule has 0 saturated heterocycles. The lowest BCUT2D eigenvalue weighted by molar-refractivity contribution is -0.114. The van der Waals surface area contributed by atoms with Gasteiger partial charge in [0.25, 0.3) is 0 Å². The van der Waals surface area contributed by atoms with Crippen LogP contribution in [0.3, 0.4) is 0 Å². The van der Waals surface area contributed by atoms with Crippen LogP contribution in [0.2, 0.25) is 0 Å². The summed E-state index contributed by atoms with van der Waals surface area (Å²) < 4.78 is 33.4. The summed E-state index contributed by atoms with van der Waals surface area (Å²) in [4.78, 5) is 29.9. The number of aryl methyl sites for hydroxylation is 1. The van der Waals surface area contributed by atoms with Crippen molar-refractivity contribution >= 4 is 29.8 Å². The highest BCUT2D eigenvalue weighted by Gasteiger charge is 2.24. The first kappa shape index (κ1) is 30.0. The van der Waals surface area contributed by atoms with Gasteiger partial charge >= 0.3 is 0 Å². The summed E-state index contributed by atoms with van der Waals surface area (Å²) in [7, 11) is 6.00. The third kappa shape index (κ3) is 6.20. The minimum Gasteiger partial charge on any atom is -0.496 e. The average molecular weight is 552 g/mol. The number of anilines is 1. The number of ether oxygens (including phenoxy) is 3. The molecule has 0 aliphatic carbocycles. The Kier molecular flexibility index (Phi) is 10.2. The van der Waals surface area contributed by atoms with Gasteiger partial charge < -0.3 is 24.4 Å². The molecule has 0 spiro atoms. The molecule has 1 N–H and O–H groups in total. The predicted octanol–water partition coefficient (Wildman–Crippen LogP) is 4.33. The number of pyridine rings is 1. The van der Waals surface area contributed by atoms with E-state index in [0.717, 1.165) is 5.56 Å². The molecule has 0 fully saturated rings. The van der Waals surface area contributed by atoms with Crippen LogP contribution >= 0.6 is 0 Å². The fourth-order valence-electron chi connectivity index (χ4n) is 4.28. The van der Waals surface area contributed by atoms with E-state index in [1.54, 1.807) is 37.3 Å². The summed E-state index contributed by atoms with van der Waals surface area (Å²) in [5, 5.41) is 7.14. The Balaban J connectivity index is 2.20. The van der Waals surface area contributed by atoms with E-state index in [1.807, 2.05) is 19.9 Å². The molecule has 3 rings (SSSR count). The predicted molar refractivity (Wildman–Crippen MR) is 151 cm³/mol. The van der Waals surface area contributed by atoms with Crippen LogP contribution in [0.25, 0.3) is 23.2 Å². The highest BCUT2D eigenvalue weighted by atomic mass is 19.1. The number of carbonyl (C=O) groups is 2. The lowest BCUT2D eigenvalue weighted by Gasteiger charge is -2.23. The fourth-order valence-corrected chi connectivity index (χ4v) is 4.28. The van der Waals surface area contributed by atoms with E-state index in [-0.39, 0.29) is 17.2 Å². The summed E-state index contributed by atoms with van der Waals surface area (Å²) in [6.07, 6.45) is 7.09. The maximum atomic E-state index is 15.7. The van der Waals surface area contributed by atoms with E-state index >= 15 is 4.39 Å². The van der Waals surface area contributed by atoms with Crippen LogP contribution in [0.5, 0.6) is 11.5 Å². The number of benzene rings is 1. The third-order valence-corrected chi connectivity index (χ3v) is 6.36. The van der Waals surface area contributed by atoms with E-state index in [0.29, 0.717) is 65.6 Å². The van der Waals surface area contributed by atoms with Gasteiger partial charge in [-0.1, -0.05) is 13.5 Å². The van der Waals surface area contributed by atoms with E-state index in [4.69, 9.17) is 14.2 Å². The molecule has 0 aliphatic rings. The molecular weight excluding hydrogens is 517 g/mol. The van der Waals surface area contributed by atoms with Gasteiger partial charge in [0.1, 0.15) is 11.4 Å². The lowest BCUT2D eigenvalue weighted by atomic mass is 9.97. The summed E-state index contributed by atoms with van der Waals surface area (Å²) >= 11 is 0. The zero-order valence-electron chi connectivity index (χ0n) is 23.6. The van der Waals surface area contributed by atoms with Gasteiger partial charge in [-0.2, -0.15) is 5.10 Å². The standard InChI is InChI=1S/C29H34FN5O5/c1-8-20-24(39-6)14-25(40-7)28(30)27(20)23(34(4)17-36)13-19-15-31-21(12-18(19)3)29-22(33-26(37)9-2)16-32-35(29)10-11-38-5/h9,12-17H,2,8,10-11H2,1,3-7H3,(H,33,37)/b23-13-. The number of amides is 2. The molecular formula is C29H34FN5O5. The topological polar surface area (TPSA) is 108 Å². The molecule has 212 valence electrons. The largest absolute Gasteiger partial charge is 0.496 e. The monoisotopic (exact) mass is 551 g/mol. The molecule has 0 radical (unpaired) electrons. The lowest BCUT2D eigenvalue weighted by Crippen LogP contribution is -2.17. The Morgan fingerprint density at radius 3 is 2.50 bits per heavy atom. The first-order valence-corrected chi connectivity index (χ1v) is 12.5. The number of aromatic nitrogens is 3. The maximum absolute atomic E-state index is 15.7. The quantitative estimate of drug-likeness (QED) is 0.249. The van der Waals surface area contributed by atoms with Gasteiger partial charge in [0.2, 0.25) is 12.3 Å². The number of hydrogen-bond donors (Lipinski definition) is 1. The van der Waals surface area contributed by atoms with E-state index in [2.05, 4.69) is 22.0 Å².